The van der Waals surface area contributed by atoms with Gasteiger partial charge in [-0.1, -0.05) is 11.6 Å². The van der Waals surface area contributed by atoms with Gasteiger partial charge in [-0.2, -0.15) is 0 Å². The van der Waals surface area contributed by atoms with Crippen molar-refractivity contribution in [1.82, 2.24) is 4.90 Å². The molecule has 3 rings (SSSR count). The minimum absolute atomic E-state index is 0.279. The molecular weight excluding hydrogens is 278 g/mol. The van der Waals surface area contributed by atoms with Crippen LogP contribution in [-0.4, -0.2) is 38.0 Å². The van der Waals surface area contributed by atoms with Crippen LogP contribution in [0.1, 0.15) is 24.8 Å². The van der Waals surface area contributed by atoms with Crippen molar-refractivity contribution >= 4 is 11.6 Å². The average molecular weight is 298 g/mol. The van der Waals surface area contributed by atoms with Crippen LogP contribution >= 0.6 is 11.6 Å². The molecule has 4 nitrogen and oxygen atoms in total. The maximum Gasteiger partial charge on any atom is 0.231 e. The highest BCUT2D eigenvalue weighted by atomic mass is 35.5. The number of fused-ring (bicyclic) bond motifs is 1. The number of benzene rings is 1. The zero-order chi connectivity index (χ0) is 13.9. The molecule has 2 aliphatic heterocycles. The van der Waals surface area contributed by atoms with Crippen LogP contribution in [0.5, 0.6) is 11.5 Å². The molecule has 1 saturated heterocycles. The van der Waals surface area contributed by atoms with E-state index in [4.69, 9.17) is 25.8 Å². The number of likely N-dealkylation sites (N-methyl/N-ethyl adjacent to an activating group) is 1. The van der Waals surface area contributed by atoms with Crippen LogP contribution in [0.3, 0.4) is 0 Å². The lowest BCUT2D eigenvalue weighted by molar-refractivity contribution is -0.00259. The van der Waals surface area contributed by atoms with Gasteiger partial charge >= 0.3 is 0 Å². The topological polar surface area (TPSA) is 30.9 Å². The monoisotopic (exact) mass is 297 g/mol. The molecule has 0 spiro atoms. The summed E-state index contributed by atoms with van der Waals surface area (Å²) in [6.45, 7) is 2.89. The second kappa shape index (κ2) is 6.20. The zero-order valence-electron chi connectivity index (χ0n) is 11.7. The van der Waals surface area contributed by atoms with Gasteiger partial charge in [-0.3, -0.25) is 4.90 Å². The molecule has 1 atom stereocenters. The number of ether oxygens (including phenoxy) is 3. The Bertz CT molecular complexity index is 474. The standard InChI is InChI=1S/C15H20ClNO3/c1-17(9-12-4-2-3-5-18-12)8-11-6-14-15(7-13(11)16)20-10-19-14/h6-7,12H,2-5,8-10H2,1H3/t12-/m0/s1. The van der Waals surface area contributed by atoms with Crippen LogP contribution < -0.4 is 9.47 Å². The van der Waals surface area contributed by atoms with Gasteiger partial charge in [0.05, 0.1) is 6.10 Å². The molecule has 0 bridgehead atoms. The molecule has 0 N–H and O–H groups in total. The van der Waals surface area contributed by atoms with Gasteiger partial charge in [-0.25, -0.2) is 0 Å². The van der Waals surface area contributed by atoms with Crippen LogP contribution in [0.25, 0.3) is 0 Å². The first-order valence-electron chi connectivity index (χ1n) is 7.10. The summed E-state index contributed by atoms with van der Waals surface area (Å²) in [5.74, 6) is 1.52. The Kier molecular flexibility index (Phi) is 4.34. The second-order valence-electron chi connectivity index (χ2n) is 5.48. The zero-order valence-corrected chi connectivity index (χ0v) is 12.5. The van der Waals surface area contributed by atoms with Gasteiger partial charge in [0, 0.05) is 30.8 Å². The fourth-order valence-corrected chi connectivity index (χ4v) is 2.95. The van der Waals surface area contributed by atoms with Gasteiger partial charge in [0.2, 0.25) is 6.79 Å². The summed E-state index contributed by atoms with van der Waals surface area (Å²) in [4.78, 5) is 2.25. The van der Waals surface area contributed by atoms with Crippen LogP contribution in [-0.2, 0) is 11.3 Å². The minimum atomic E-state index is 0.279. The van der Waals surface area contributed by atoms with Crippen molar-refractivity contribution in [2.24, 2.45) is 0 Å². The van der Waals surface area contributed by atoms with Crippen molar-refractivity contribution in [3.8, 4) is 11.5 Å². The maximum atomic E-state index is 6.30. The molecule has 0 aliphatic carbocycles. The quantitative estimate of drug-likeness (QED) is 0.854. The maximum absolute atomic E-state index is 6.30. The molecule has 2 heterocycles. The molecule has 110 valence electrons. The van der Waals surface area contributed by atoms with Crippen LogP contribution in [0.2, 0.25) is 5.02 Å². The number of hydrogen-bond acceptors (Lipinski definition) is 4. The normalized spacial score (nSPS) is 21.4. The molecule has 20 heavy (non-hydrogen) atoms. The van der Waals surface area contributed by atoms with Crippen molar-refractivity contribution in [2.75, 3.05) is 27.0 Å². The number of hydrogen-bond donors (Lipinski definition) is 0. The van der Waals surface area contributed by atoms with Gasteiger partial charge in [-0.15, -0.1) is 0 Å². The molecule has 0 amide bonds. The van der Waals surface area contributed by atoms with E-state index in [1.807, 2.05) is 12.1 Å². The highest BCUT2D eigenvalue weighted by Crippen LogP contribution is 2.37. The third kappa shape index (κ3) is 3.19. The molecule has 0 radical (unpaired) electrons. The van der Waals surface area contributed by atoms with E-state index in [2.05, 4.69) is 11.9 Å². The van der Waals surface area contributed by atoms with Gasteiger partial charge in [-0.05, 0) is 37.9 Å². The molecule has 5 heteroatoms. The second-order valence-corrected chi connectivity index (χ2v) is 5.89. The minimum Gasteiger partial charge on any atom is -0.454 e. The summed E-state index contributed by atoms with van der Waals surface area (Å²) < 4.78 is 16.5. The molecule has 0 aromatic heterocycles. The van der Waals surface area contributed by atoms with Crippen molar-refractivity contribution in [3.05, 3.63) is 22.7 Å². The number of nitrogens with zero attached hydrogens (tertiary/aromatic N) is 1. The first kappa shape index (κ1) is 14.0. The Labute approximate surface area is 124 Å². The third-order valence-electron chi connectivity index (χ3n) is 3.77. The van der Waals surface area contributed by atoms with Crippen molar-refractivity contribution < 1.29 is 14.2 Å². The van der Waals surface area contributed by atoms with Gasteiger partial charge in [0.1, 0.15) is 0 Å². The fourth-order valence-electron chi connectivity index (χ4n) is 2.73. The van der Waals surface area contributed by atoms with Gasteiger partial charge in [0.25, 0.3) is 0 Å². The van der Waals surface area contributed by atoms with E-state index in [1.165, 1.54) is 12.8 Å². The molecule has 1 fully saturated rings. The SMILES string of the molecule is CN(Cc1cc2c(cc1Cl)OCO2)C[C@@H]1CCCCO1. The highest BCUT2D eigenvalue weighted by molar-refractivity contribution is 6.31. The average Bonchev–Trinajstić information content (AvgIpc) is 2.87. The van der Waals surface area contributed by atoms with Crippen molar-refractivity contribution in [3.63, 3.8) is 0 Å². The number of rotatable bonds is 4. The third-order valence-corrected chi connectivity index (χ3v) is 4.12. The smallest absolute Gasteiger partial charge is 0.231 e. The van der Waals surface area contributed by atoms with Crippen LogP contribution in [0.15, 0.2) is 12.1 Å². The summed E-state index contributed by atoms with van der Waals surface area (Å²) in [7, 11) is 2.10. The predicted molar refractivity (Wildman–Crippen MR) is 77.5 cm³/mol. The van der Waals surface area contributed by atoms with Crippen LogP contribution in [0, 0.1) is 0 Å². The largest absolute Gasteiger partial charge is 0.454 e. The highest BCUT2D eigenvalue weighted by Gasteiger charge is 2.19. The Morgan fingerprint density at radius 2 is 2.05 bits per heavy atom. The summed E-state index contributed by atoms with van der Waals surface area (Å²) in [6, 6.07) is 3.81. The lowest BCUT2D eigenvalue weighted by Crippen LogP contribution is -2.33. The first-order chi connectivity index (χ1) is 9.72. The Morgan fingerprint density at radius 3 is 2.80 bits per heavy atom. The lowest BCUT2D eigenvalue weighted by Gasteiger charge is -2.27. The van der Waals surface area contributed by atoms with E-state index in [-0.39, 0.29) is 6.79 Å². The molecule has 0 saturated carbocycles. The summed E-state index contributed by atoms with van der Waals surface area (Å²) in [5.41, 5.74) is 1.06. The Hall–Kier alpha value is -0.970. The van der Waals surface area contributed by atoms with Gasteiger partial charge in [0.15, 0.2) is 11.5 Å². The van der Waals surface area contributed by atoms with Crippen molar-refractivity contribution in [2.45, 2.75) is 31.9 Å². The van der Waals surface area contributed by atoms with Crippen LogP contribution in [0.4, 0.5) is 0 Å². The summed E-state index contributed by atoms with van der Waals surface area (Å²) in [5, 5.41) is 0.727. The van der Waals surface area contributed by atoms with E-state index in [1.54, 1.807) is 0 Å². The van der Waals surface area contributed by atoms with E-state index in [0.29, 0.717) is 6.10 Å². The molecule has 1 aromatic rings. The van der Waals surface area contributed by atoms with E-state index >= 15 is 0 Å². The molecule has 1 aromatic carbocycles. The predicted octanol–water partition coefficient (Wildman–Crippen LogP) is 3.07. The Balaban J connectivity index is 1.62. The lowest BCUT2D eigenvalue weighted by atomic mass is 10.1. The van der Waals surface area contributed by atoms with E-state index < -0.39 is 0 Å². The molecule has 0 unspecified atom stereocenters. The van der Waals surface area contributed by atoms with E-state index in [0.717, 1.165) is 48.2 Å². The van der Waals surface area contributed by atoms with E-state index in [9.17, 15) is 0 Å². The summed E-state index contributed by atoms with van der Waals surface area (Å²) >= 11 is 6.30. The summed E-state index contributed by atoms with van der Waals surface area (Å²) in [6.07, 6.45) is 3.96. The first-order valence-corrected chi connectivity index (χ1v) is 7.48. The molecular formula is C15H20ClNO3. The van der Waals surface area contributed by atoms with Crippen molar-refractivity contribution in [1.29, 1.82) is 0 Å². The number of halogens is 1. The Morgan fingerprint density at radius 1 is 1.25 bits per heavy atom. The molecule has 2 aliphatic rings. The van der Waals surface area contributed by atoms with Gasteiger partial charge < -0.3 is 14.2 Å². The fraction of sp³-hybridized carbons (Fsp3) is 0.600.